The van der Waals surface area contributed by atoms with Crippen LogP contribution >= 0.6 is 11.6 Å². The quantitative estimate of drug-likeness (QED) is 0.914. The molecule has 0 aliphatic carbocycles. The third kappa shape index (κ3) is 3.13. The molecule has 18 heavy (non-hydrogen) atoms. The van der Waals surface area contributed by atoms with Crippen LogP contribution in [0.5, 0.6) is 0 Å². The predicted molar refractivity (Wildman–Crippen MR) is 75.2 cm³/mol. The Kier molecular flexibility index (Phi) is 4.96. The van der Waals surface area contributed by atoms with Crippen LogP contribution < -0.4 is 5.32 Å². The molecule has 0 fully saturated rings. The van der Waals surface area contributed by atoms with Gasteiger partial charge >= 0.3 is 0 Å². The summed E-state index contributed by atoms with van der Waals surface area (Å²) in [6, 6.07) is 3.56. The fourth-order valence-corrected chi connectivity index (χ4v) is 1.72. The summed E-state index contributed by atoms with van der Waals surface area (Å²) in [4.78, 5) is 18.2. The van der Waals surface area contributed by atoms with Crippen molar-refractivity contribution in [1.82, 2.24) is 9.88 Å². The summed E-state index contributed by atoms with van der Waals surface area (Å²) in [7, 11) is 3.53. The van der Waals surface area contributed by atoms with Gasteiger partial charge in [-0.1, -0.05) is 25.4 Å². The first-order valence-corrected chi connectivity index (χ1v) is 6.37. The SMILES string of the molecule is CNc1ccc(Cl)c(C(=O)N(C)C(C)C(C)C)n1. The van der Waals surface area contributed by atoms with Gasteiger partial charge in [0.1, 0.15) is 11.5 Å². The fourth-order valence-electron chi connectivity index (χ4n) is 1.53. The Balaban J connectivity index is 3.03. The number of nitrogens with zero attached hydrogens (tertiary/aromatic N) is 2. The topological polar surface area (TPSA) is 45.2 Å². The maximum absolute atomic E-state index is 12.3. The first-order chi connectivity index (χ1) is 8.38. The third-order valence-corrected chi connectivity index (χ3v) is 3.51. The first-order valence-electron chi connectivity index (χ1n) is 6.00. The number of hydrogen-bond acceptors (Lipinski definition) is 3. The second-order valence-electron chi connectivity index (χ2n) is 4.68. The summed E-state index contributed by atoms with van der Waals surface area (Å²) in [5, 5.41) is 3.28. The maximum Gasteiger partial charge on any atom is 0.274 e. The molecular weight excluding hydrogens is 250 g/mol. The zero-order valence-corrected chi connectivity index (χ0v) is 12.2. The lowest BCUT2D eigenvalue weighted by molar-refractivity contribution is 0.0701. The molecule has 0 aliphatic heterocycles. The molecule has 4 nitrogen and oxygen atoms in total. The van der Waals surface area contributed by atoms with E-state index in [0.717, 1.165) is 0 Å². The van der Waals surface area contributed by atoms with Crippen molar-refractivity contribution in [2.24, 2.45) is 5.92 Å². The van der Waals surface area contributed by atoms with E-state index in [9.17, 15) is 4.79 Å². The van der Waals surface area contributed by atoms with Crippen molar-refractivity contribution in [1.29, 1.82) is 0 Å². The van der Waals surface area contributed by atoms with Gasteiger partial charge in [-0.25, -0.2) is 4.98 Å². The third-order valence-electron chi connectivity index (χ3n) is 3.20. The molecule has 100 valence electrons. The number of pyridine rings is 1. The van der Waals surface area contributed by atoms with Gasteiger partial charge in [0.25, 0.3) is 5.91 Å². The van der Waals surface area contributed by atoms with Crippen LogP contribution in [0, 0.1) is 5.92 Å². The van der Waals surface area contributed by atoms with Crippen molar-refractivity contribution in [2.45, 2.75) is 26.8 Å². The van der Waals surface area contributed by atoms with Crippen LogP contribution in [0.1, 0.15) is 31.3 Å². The van der Waals surface area contributed by atoms with Gasteiger partial charge < -0.3 is 10.2 Å². The van der Waals surface area contributed by atoms with Crippen molar-refractivity contribution >= 4 is 23.3 Å². The summed E-state index contributed by atoms with van der Waals surface area (Å²) in [6.45, 7) is 6.17. The monoisotopic (exact) mass is 269 g/mol. The van der Waals surface area contributed by atoms with Crippen molar-refractivity contribution in [2.75, 3.05) is 19.4 Å². The van der Waals surface area contributed by atoms with Crippen LogP contribution in [0.15, 0.2) is 12.1 Å². The highest BCUT2D eigenvalue weighted by Gasteiger charge is 2.23. The molecule has 1 rings (SSSR count). The Hall–Kier alpha value is -1.29. The van der Waals surface area contributed by atoms with E-state index < -0.39 is 0 Å². The molecular formula is C13H20ClN3O. The van der Waals surface area contributed by atoms with E-state index in [1.54, 1.807) is 31.1 Å². The lowest BCUT2D eigenvalue weighted by Crippen LogP contribution is -2.38. The van der Waals surface area contributed by atoms with Crippen LogP contribution in [0.4, 0.5) is 5.82 Å². The Bertz CT molecular complexity index is 434. The number of aromatic nitrogens is 1. The molecule has 0 saturated heterocycles. The summed E-state index contributed by atoms with van der Waals surface area (Å²) in [6.07, 6.45) is 0. The summed E-state index contributed by atoms with van der Waals surface area (Å²) < 4.78 is 0. The molecule has 0 bridgehead atoms. The Morgan fingerprint density at radius 2 is 2.00 bits per heavy atom. The normalized spacial score (nSPS) is 12.4. The lowest BCUT2D eigenvalue weighted by Gasteiger charge is -2.28. The molecule has 0 spiro atoms. The first kappa shape index (κ1) is 14.8. The molecule has 1 unspecified atom stereocenters. The largest absolute Gasteiger partial charge is 0.373 e. The molecule has 0 aromatic carbocycles. The van der Waals surface area contributed by atoms with Gasteiger partial charge in [-0.2, -0.15) is 0 Å². The average Bonchev–Trinajstić information content (AvgIpc) is 2.36. The number of rotatable bonds is 4. The zero-order valence-electron chi connectivity index (χ0n) is 11.5. The second kappa shape index (κ2) is 6.05. The minimum atomic E-state index is -0.154. The van der Waals surface area contributed by atoms with Crippen LogP contribution in [-0.4, -0.2) is 35.9 Å². The number of anilines is 1. The van der Waals surface area contributed by atoms with E-state index in [-0.39, 0.29) is 11.9 Å². The Labute approximate surface area is 113 Å². The van der Waals surface area contributed by atoms with Crippen LogP contribution in [0.25, 0.3) is 0 Å². The summed E-state index contributed by atoms with van der Waals surface area (Å²) in [5.74, 6) is 0.858. The number of nitrogens with one attached hydrogen (secondary N) is 1. The molecule has 1 atom stereocenters. The fraction of sp³-hybridized carbons (Fsp3) is 0.538. The van der Waals surface area contributed by atoms with Gasteiger partial charge in [0, 0.05) is 20.1 Å². The molecule has 5 heteroatoms. The molecule has 1 N–H and O–H groups in total. The van der Waals surface area contributed by atoms with Gasteiger partial charge in [0.2, 0.25) is 0 Å². The van der Waals surface area contributed by atoms with E-state index in [2.05, 4.69) is 24.1 Å². The predicted octanol–water partition coefficient (Wildman–Crippen LogP) is 2.89. The molecule has 0 aliphatic rings. The highest BCUT2D eigenvalue weighted by atomic mass is 35.5. The van der Waals surface area contributed by atoms with E-state index in [1.165, 1.54) is 0 Å². The van der Waals surface area contributed by atoms with Crippen molar-refractivity contribution in [3.05, 3.63) is 22.8 Å². The van der Waals surface area contributed by atoms with Crippen LogP contribution in [-0.2, 0) is 0 Å². The number of amides is 1. The molecule has 1 aromatic rings. The van der Waals surface area contributed by atoms with E-state index in [1.807, 2.05) is 6.92 Å². The Morgan fingerprint density at radius 1 is 1.39 bits per heavy atom. The van der Waals surface area contributed by atoms with Gasteiger partial charge in [-0.05, 0) is 25.0 Å². The van der Waals surface area contributed by atoms with Crippen molar-refractivity contribution < 1.29 is 4.79 Å². The summed E-state index contributed by atoms with van der Waals surface area (Å²) >= 11 is 6.04. The minimum absolute atomic E-state index is 0.133. The standard InChI is InChI=1S/C13H20ClN3O/c1-8(2)9(3)17(5)13(18)12-10(14)6-7-11(15-4)16-12/h6-9H,1-5H3,(H,15,16). The second-order valence-corrected chi connectivity index (χ2v) is 5.08. The number of carbonyl (C=O) groups excluding carboxylic acids is 1. The Morgan fingerprint density at radius 3 is 2.50 bits per heavy atom. The molecule has 0 saturated carbocycles. The van der Waals surface area contributed by atoms with Gasteiger partial charge in [0.15, 0.2) is 0 Å². The molecule has 0 radical (unpaired) electrons. The van der Waals surface area contributed by atoms with Gasteiger partial charge in [-0.15, -0.1) is 0 Å². The van der Waals surface area contributed by atoms with Gasteiger partial charge in [0.05, 0.1) is 5.02 Å². The average molecular weight is 270 g/mol. The highest BCUT2D eigenvalue weighted by molar-refractivity contribution is 6.33. The lowest BCUT2D eigenvalue weighted by atomic mass is 10.0. The van der Waals surface area contributed by atoms with Crippen molar-refractivity contribution in [3.8, 4) is 0 Å². The number of carbonyl (C=O) groups is 1. The molecule has 1 aromatic heterocycles. The van der Waals surface area contributed by atoms with E-state index in [0.29, 0.717) is 22.5 Å². The number of halogens is 1. The highest BCUT2D eigenvalue weighted by Crippen LogP contribution is 2.20. The van der Waals surface area contributed by atoms with E-state index >= 15 is 0 Å². The maximum atomic E-state index is 12.3. The molecule has 1 heterocycles. The minimum Gasteiger partial charge on any atom is -0.373 e. The zero-order chi connectivity index (χ0) is 13.9. The van der Waals surface area contributed by atoms with Crippen molar-refractivity contribution in [3.63, 3.8) is 0 Å². The van der Waals surface area contributed by atoms with Gasteiger partial charge in [-0.3, -0.25) is 4.79 Å². The van der Waals surface area contributed by atoms with Crippen LogP contribution in [0.3, 0.4) is 0 Å². The number of hydrogen-bond donors (Lipinski definition) is 1. The summed E-state index contributed by atoms with van der Waals surface area (Å²) in [5.41, 5.74) is 0.290. The van der Waals surface area contributed by atoms with Crippen LogP contribution in [0.2, 0.25) is 5.02 Å². The molecule has 1 amide bonds. The van der Waals surface area contributed by atoms with E-state index in [4.69, 9.17) is 11.6 Å². The smallest absolute Gasteiger partial charge is 0.274 e.